The molecule has 1 aliphatic heterocycles. The van der Waals surface area contributed by atoms with E-state index >= 15 is 0 Å². The molecule has 0 spiro atoms. The van der Waals surface area contributed by atoms with Crippen LogP contribution in [-0.2, 0) is 20.8 Å². The number of nitrogens with one attached hydrogen (secondary N) is 2. The molecule has 0 saturated carbocycles. The smallest absolute Gasteiger partial charge is 0.250 e. The van der Waals surface area contributed by atoms with Crippen LogP contribution in [-0.4, -0.2) is 55.1 Å². The van der Waals surface area contributed by atoms with Gasteiger partial charge in [0.2, 0.25) is 5.91 Å². The predicted octanol–water partition coefficient (Wildman–Crippen LogP) is 3.30. The van der Waals surface area contributed by atoms with Crippen molar-refractivity contribution in [2.75, 3.05) is 44.8 Å². The Morgan fingerprint density at radius 2 is 2.00 bits per heavy atom. The number of hydrogen-bond donors (Lipinski definition) is 2. The molecule has 0 radical (unpaired) electrons. The third kappa shape index (κ3) is 5.29. The summed E-state index contributed by atoms with van der Waals surface area (Å²) in [5.41, 5.74) is 3.28. The number of aromatic nitrogens is 2. The van der Waals surface area contributed by atoms with Gasteiger partial charge in [-0.15, -0.1) is 0 Å². The van der Waals surface area contributed by atoms with Crippen LogP contribution in [0.3, 0.4) is 0 Å². The lowest BCUT2D eigenvalue weighted by molar-refractivity contribution is -0.119. The lowest BCUT2D eigenvalue weighted by Gasteiger charge is -2.29. The molecule has 0 bridgehead atoms. The van der Waals surface area contributed by atoms with E-state index in [9.17, 15) is 4.79 Å². The standard InChI is InChI=1S/C25H29N5O4S/c1-32-14-13-29-12-6-8-20(29)24-23(18-7-4-5-11-26-18)28-25(35)30(24)17-9-10-21(34-3)19(15-17)27-22(31)16-33-2/h4-12,15,23-24H,13-14,16H2,1-3H3,(H,27,31)(H,28,35)/t23-,24-/m0/s1. The van der Waals surface area contributed by atoms with E-state index in [2.05, 4.69) is 31.2 Å². The summed E-state index contributed by atoms with van der Waals surface area (Å²) in [5, 5.41) is 6.88. The van der Waals surface area contributed by atoms with Gasteiger partial charge in [-0.1, -0.05) is 6.07 Å². The highest BCUT2D eigenvalue weighted by molar-refractivity contribution is 7.80. The number of methoxy groups -OCH3 is 3. The Kier molecular flexibility index (Phi) is 7.96. The van der Waals surface area contributed by atoms with Gasteiger partial charge in [-0.25, -0.2) is 0 Å². The molecule has 0 aliphatic carbocycles. The molecule has 1 saturated heterocycles. The summed E-state index contributed by atoms with van der Waals surface area (Å²) in [5.74, 6) is 0.263. The predicted molar refractivity (Wildman–Crippen MR) is 138 cm³/mol. The van der Waals surface area contributed by atoms with Crippen LogP contribution in [0.5, 0.6) is 5.75 Å². The van der Waals surface area contributed by atoms with Gasteiger partial charge in [0.05, 0.1) is 31.1 Å². The molecule has 184 valence electrons. The summed E-state index contributed by atoms with van der Waals surface area (Å²) >= 11 is 5.83. The third-order valence-electron chi connectivity index (χ3n) is 5.81. The quantitative estimate of drug-likeness (QED) is 0.414. The van der Waals surface area contributed by atoms with Crippen molar-refractivity contribution in [3.8, 4) is 5.75 Å². The van der Waals surface area contributed by atoms with Gasteiger partial charge in [-0.3, -0.25) is 9.78 Å². The van der Waals surface area contributed by atoms with Gasteiger partial charge in [0.25, 0.3) is 0 Å². The zero-order valence-corrected chi connectivity index (χ0v) is 20.7. The second-order valence-electron chi connectivity index (χ2n) is 7.98. The molecule has 35 heavy (non-hydrogen) atoms. The number of thiocarbonyl (C=S) groups is 1. The topological polar surface area (TPSA) is 89.9 Å². The molecule has 10 heteroatoms. The number of benzene rings is 1. The molecule has 2 atom stereocenters. The number of amides is 1. The van der Waals surface area contributed by atoms with Gasteiger partial charge in [0.1, 0.15) is 18.4 Å². The fourth-order valence-corrected chi connectivity index (χ4v) is 4.63. The van der Waals surface area contributed by atoms with Crippen molar-refractivity contribution >= 4 is 34.6 Å². The number of anilines is 2. The maximum Gasteiger partial charge on any atom is 0.250 e. The summed E-state index contributed by atoms with van der Waals surface area (Å²) in [6.45, 7) is 1.22. The van der Waals surface area contributed by atoms with Gasteiger partial charge < -0.3 is 34.3 Å². The van der Waals surface area contributed by atoms with Crippen molar-refractivity contribution in [3.63, 3.8) is 0 Å². The van der Waals surface area contributed by atoms with Crippen LogP contribution < -0.4 is 20.3 Å². The number of hydrogen-bond acceptors (Lipinski definition) is 6. The van der Waals surface area contributed by atoms with E-state index in [1.54, 1.807) is 20.4 Å². The Balaban J connectivity index is 1.78. The van der Waals surface area contributed by atoms with Gasteiger partial charge >= 0.3 is 0 Å². The maximum atomic E-state index is 12.2. The molecule has 1 aromatic carbocycles. The van der Waals surface area contributed by atoms with Gasteiger partial charge in [-0.2, -0.15) is 0 Å². The third-order valence-corrected chi connectivity index (χ3v) is 6.13. The second-order valence-corrected chi connectivity index (χ2v) is 8.37. The van der Waals surface area contributed by atoms with Crippen LogP contribution in [0.2, 0.25) is 0 Å². The van der Waals surface area contributed by atoms with Gasteiger partial charge in [0, 0.05) is 44.5 Å². The second kappa shape index (κ2) is 11.3. The molecule has 3 heterocycles. The lowest BCUT2D eigenvalue weighted by atomic mass is 10.0. The van der Waals surface area contributed by atoms with E-state index in [0.29, 0.717) is 29.7 Å². The first-order chi connectivity index (χ1) is 17.1. The van der Waals surface area contributed by atoms with Crippen molar-refractivity contribution in [2.45, 2.75) is 18.6 Å². The Bertz CT molecular complexity index is 1170. The van der Waals surface area contributed by atoms with Crippen LogP contribution >= 0.6 is 12.2 Å². The number of nitrogens with zero attached hydrogens (tertiary/aromatic N) is 3. The molecule has 9 nitrogen and oxygen atoms in total. The molecule has 0 unspecified atom stereocenters. The fraction of sp³-hybridized carbons (Fsp3) is 0.320. The molecule has 3 aromatic rings. The number of rotatable bonds is 10. The number of ether oxygens (including phenoxy) is 3. The first-order valence-corrected chi connectivity index (χ1v) is 11.6. The van der Waals surface area contributed by atoms with E-state index in [4.69, 9.17) is 26.4 Å². The molecule has 1 aliphatic rings. The Morgan fingerprint density at radius 1 is 1.14 bits per heavy atom. The minimum absolute atomic E-state index is 0.0611. The van der Waals surface area contributed by atoms with Gasteiger partial charge in [-0.05, 0) is 54.7 Å². The number of carbonyl (C=O) groups excluding carboxylic acids is 1. The van der Waals surface area contributed by atoms with Crippen molar-refractivity contribution in [3.05, 3.63) is 72.3 Å². The molecule has 2 aromatic heterocycles. The Morgan fingerprint density at radius 3 is 2.71 bits per heavy atom. The molecular formula is C25H29N5O4S. The van der Waals surface area contributed by atoms with Crippen molar-refractivity contribution in [1.82, 2.24) is 14.9 Å². The maximum absolute atomic E-state index is 12.2. The summed E-state index contributed by atoms with van der Waals surface area (Å²) in [7, 11) is 4.73. The highest BCUT2D eigenvalue weighted by atomic mass is 32.1. The first kappa shape index (κ1) is 24.6. The van der Waals surface area contributed by atoms with Crippen molar-refractivity contribution < 1.29 is 19.0 Å². The average molecular weight is 496 g/mol. The van der Waals surface area contributed by atoms with E-state index < -0.39 is 0 Å². The first-order valence-electron chi connectivity index (χ1n) is 11.2. The fourth-order valence-electron chi connectivity index (χ4n) is 4.28. The zero-order chi connectivity index (χ0) is 24.8. The number of pyridine rings is 1. The molecular weight excluding hydrogens is 466 g/mol. The number of carbonyl (C=O) groups is 1. The van der Waals surface area contributed by atoms with Crippen LogP contribution in [0.25, 0.3) is 0 Å². The van der Waals surface area contributed by atoms with E-state index in [1.807, 2.05) is 48.7 Å². The Labute approximate surface area is 210 Å². The summed E-state index contributed by atoms with van der Waals surface area (Å²) in [6.07, 6.45) is 3.81. The monoisotopic (exact) mass is 495 g/mol. The van der Waals surface area contributed by atoms with Gasteiger partial charge in [0.15, 0.2) is 5.11 Å². The SMILES string of the molecule is COCCn1cccc1[C@H]1[C@H](c2ccccn2)NC(=S)N1c1ccc(OC)c(NC(=O)COC)c1. The summed E-state index contributed by atoms with van der Waals surface area (Å²) in [6, 6.07) is 15.2. The van der Waals surface area contributed by atoms with Crippen LogP contribution in [0.1, 0.15) is 23.5 Å². The van der Waals surface area contributed by atoms with E-state index in [0.717, 1.165) is 17.1 Å². The zero-order valence-electron chi connectivity index (χ0n) is 19.9. The van der Waals surface area contributed by atoms with Crippen LogP contribution in [0, 0.1) is 0 Å². The lowest BCUT2D eigenvalue weighted by Crippen LogP contribution is -2.30. The van der Waals surface area contributed by atoms with Crippen LogP contribution in [0.15, 0.2) is 60.9 Å². The van der Waals surface area contributed by atoms with E-state index in [-0.39, 0.29) is 24.6 Å². The summed E-state index contributed by atoms with van der Waals surface area (Å²) in [4.78, 5) is 18.9. The van der Waals surface area contributed by atoms with Crippen molar-refractivity contribution in [2.24, 2.45) is 0 Å². The molecule has 4 rings (SSSR count). The van der Waals surface area contributed by atoms with Crippen LogP contribution in [0.4, 0.5) is 11.4 Å². The minimum atomic E-state index is -0.276. The molecule has 2 N–H and O–H groups in total. The molecule has 1 amide bonds. The van der Waals surface area contributed by atoms with Crippen molar-refractivity contribution in [1.29, 1.82) is 0 Å². The Hall–Kier alpha value is -3.47. The average Bonchev–Trinajstić information content (AvgIpc) is 3.47. The molecule has 1 fully saturated rings. The highest BCUT2D eigenvalue weighted by Crippen LogP contribution is 2.43. The minimum Gasteiger partial charge on any atom is -0.495 e. The summed E-state index contributed by atoms with van der Waals surface area (Å²) < 4.78 is 17.9. The van der Waals surface area contributed by atoms with E-state index in [1.165, 1.54) is 7.11 Å². The highest BCUT2D eigenvalue weighted by Gasteiger charge is 2.42. The largest absolute Gasteiger partial charge is 0.495 e. The normalized spacial score (nSPS) is 17.3.